The van der Waals surface area contributed by atoms with Crippen molar-refractivity contribution in [3.05, 3.63) is 36.0 Å². The predicted octanol–water partition coefficient (Wildman–Crippen LogP) is -0.453. The molecule has 0 bridgehead atoms. The number of fused-ring (bicyclic) bond motifs is 1. The highest BCUT2D eigenvalue weighted by molar-refractivity contribution is 7.98. The van der Waals surface area contributed by atoms with E-state index in [1.807, 2.05) is 30.5 Å². The van der Waals surface area contributed by atoms with Gasteiger partial charge in [-0.05, 0) is 36.5 Å². The van der Waals surface area contributed by atoms with E-state index in [1.54, 1.807) is 22.9 Å². The second-order valence-corrected chi connectivity index (χ2v) is 9.01. The number of nitrogens with zero attached hydrogens (tertiary/aromatic N) is 1. The minimum absolute atomic E-state index is 0.0276. The minimum Gasteiger partial charge on any atom is -0.548 e. The third kappa shape index (κ3) is 5.80. The Morgan fingerprint density at radius 3 is 2.68 bits per heavy atom. The van der Waals surface area contributed by atoms with Crippen LogP contribution in [0.15, 0.2) is 30.5 Å². The maximum atomic E-state index is 12.7. The first kappa shape index (κ1) is 23.1. The fraction of sp³-hybridized carbons (Fsp3) is 0.500. The van der Waals surface area contributed by atoms with Crippen molar-refractivity contribution in [2.45, 2.75) is 37.8 Å². The third-order valence-corrected chi connectivity index (χ3v) is 6.54. The van der Waals surface area contributed by atoms with Crippen LogP contribution in [0.1, 0.15) is 24.8 Å². The van der Waals surface area contributed by atoms with E-state index < -0.39 is 12.0 Å². The molecule has 2 aromatic rings. The summed E-state index contributed by atoms with van der Waals surface area (Å²) in [6, 6.07) is 6.24. The summed E-state index contributed by atoms with van der Waals surface area (Å²) in [6.45, 7) is 0.974. The SMILES string of the molecule is CSCC[C@H]([NH3+])C(=O)N1CCC(C(=O)N[C@@H](Cc2c[nH]c3ccccc23)C(=O)[O-])CC1. The van der Waals surface area contributed by atoms with Gasteiger partial charge in [0.2, 0.25) is 5.91 Å². The quantitative estimate of drug-likeness (QED) is 0.480. The fourth-order valence-corrected chi connectivity index (χ4v) is 4.53. The number of aromatic nitrogens is 1. The summed E-state index contributed by atoms with van der Waals surface area (Å²) >= 11 is 1.69. The maximum Gasteiger partial charge on any atom is 0.280 e. The van der Waals surface area contributed by atoms with E-state index in [9.17, 15) is 19.5 Å². The first-order valence-corrected chi connectivity index (χ1v) is 12.0. The molecule has 2 atom stereocenters. The molecule has 1 aliphatic heterocycles. The Morgan fingerprint density at radius 2 is 2.00 bits per heavy atom. The molecule has 9 heteroatoms. The Balaban J connectivity index is 1.55. The van der Waals surface area contributed by atoms with E-state index in [-0.39, 0.29) is 30.2 Å². The number of nitrogens with one attached hydrogen (secondary N) is 2. The highest BCUT2D eigenvalue weighted by Gasteiger charge is 2.31. The van der Waals surface area contributed by atoms with Crippen molar-refractivity contribution in [3.63, 3.8) is 0 Å². The fourth-order valence-electron chi connectivity index (χ4n) is 4.01. The number of para-hydroxylation sites is 1. The van der Waals surface area contributed by atoms with Crippen molar-refractivity contribution >= 4 is 40.4 Å². The van der Waals surface area contributed by atoms with Crippen molar-refractivity contribution in [2.75, 3.05) is 25.1 Å². The normalized spacial score (nSPS) is 16.8. The van der Waals surface area contributed by atoms with Gasteiger partial charge < -0.3 is 30.8 Å². The average Bonchev–Trinajstić information content (AvgIpc) is 3.19. The first-order valence-electron chi connectivity index (χ1n) is 10.6. The molecule has 8 nitrogen and oxygen atoms in total. The molecule has 2 heterocycles. The topological polar surface area (TPSA) is 133 Å². The van der Waals surface area contributed by atoms with Crippen molar-refractivity contribution in [3.8, 4) is 0 Å². The molecule has 2 amide bonds. The Bertz CT molecular complexity index is 923. The summed E-state index contributed by atoms with van der Waals surface area (Å²) in [5, 5.41) is 15.3. The molecule has 3 rings (SSSR count). The van der Waals surface area contributed by atoms with Crippen molar-refractivity contribution in [1.82, 2.24) is 15.2 Å². The molecule has 0 saturated carbocycles. The van der Waals surface area contributed by atoms with Crippen molar-refractivity contribution in [1.29, 1.82) is 0 Å². The van der Waals surface area contributed by atoms with Gasteiger partial charge in [-0.15, -0.1) is 0 Å². The van der Waals surface area contributed by atoms with Gasteiger partial charge in [0.05, 0.1) is 12.0 Å². The molecule has 1 aromatic carbocycles. The number of likely N-dealkylation sites (tertiary alicyclic amines) is 1. The molecular formula is C22H30N4O4S. The predicted molar refractivity (Wildman–Crippen MR) is 118 cm³/mol. The molecular weight excluding hydrogens is 416 g/mol. The van der Waals surface area contributed by atoms with E-state index in [0.29, 0.717) is 25.9 Å². The number of thioether (sulfide) groups is 1. The molecule has 1 aromatic heterocycles. The molecule has 168 valence electrons. The van der Waals surface area contributed by atoms with E-state index in [4.69, 9.17) is 0 Å². The number of H-pyrrole nitrogens is 1. The largest absolute Gasteiger partial charge is 0.548 e. The molecule has 0 unspecified atom stereocenters. The van der Waals surface area contributed by atoms with Gasteiger partial charge in [0.25, 0.3) is 5.91 Å². The summed E-state index contributed by atoms with van der Waals surface area (Å²) in [7, 11) is 0. The number of hydrogen-bond acceptors (Lipinski definition) is 5. The molecule has 0 spiro atoms. The molecule has 1 aliphatic rings. The number of hydrogen-bond donors (Lipinski definition) is 3. The number of carboxylic acids is 1. The standard InChI is InChI=1S/C22H30N4O4S/c1-31-11-8-17(23)21(28)26-9-6-14(7-10-26)20(27)25-19(22(29)30)12-15-13-24-18-5-3-2-4-16(15)18/h2-5,13-14,17,19,24H,6-12,23H2,1H3,(H,25,27)(H,29,30)/t17-,19-/m0/s1. The summed E-state index contributed by atoms with van der Waals surface area (Å²) in [5.74, 6) is -1.00. The van der Waals surface area contributed by atoms with E-state index >= 15 is 0 Å². The molecule has 31 heavy (non-hydrogen) atoms. The summed E-state index contributed by atoms with van der Waals surface area (Å²) in [6.07, 6.45) is 5.68. The number of aliphatic carboxylic acids is 1. The molecule has 0 radical (unpaired) electrons. The molecule has 1 saturated heterocycles. The highest BCUT2D eigenvalue weighted by atomic mass is 32.2. The monoisotopic (exact) mass is 446 g/mol. The van der Waals surface area contributed by atoms with Crippen LogP contribution in [-0.2, 0) is 20.8 Å². The third-order valence-electron chi connectivity index (χ3n) is 5.90. The number of carbonyl (C=O) groups excluding carboxylic acids is 3. The lowest BCUT2D eigenvalue weighted by Gasteiger charge is -2.33. The van der Waals surface area contributed by atoms with Crippen LogP contribution in [0.25, 0.3) is 10.9 Å². The average molecular weight is 447 g/mol. The van der Waals surface area contributed by atoms with Gasteiger partial charge in [-0.1, -0.05) is 18.2 Å². The smallest absolute Gasteiger partial charge is 0.280 e. The van der Waals surface area contributed by atoms with E-state index in [0.717, 1.165) is 28.6 Å². The number of aromatic amines is 1. The zero-order valence-electron chi connectivity index (χ0n) is 17.8. The molecule has 5 N–H and O–H groups in total. The van der Waals surface area contributed by atoms with Crippen LogP contribution in [0.2, 0.25) is 0 Å². The lowest BCUT2D eigenvalue weighted by atomic mass is 9.94. The lowest BCUT2D eigenvalue weighted by molar-refractivity contribution is -0.406. The van der Waals surface area contributed by atoms with Crippen molar-refractivity contribution in [2.24, 2.45) is 5.92 Å². The zero-order chi connectivity index (χ0) is 22.4. The van der Waals surface area contributed by atoms with Crippen LogP contribution >= 0.6 is 11.8 Å². The van der Waals surface area contributed by atoms with Crippen LogP contribution < -0.4 is 16.2 Å². The first-order chi connectivity index (χ1) is 14.9. The second-order valence-electron chi connectivity index (χ2n) is 8.02. The summed E-state index contributed by atoms with van der Waals surface area (Å²) < 4.78 is 0. The molecule has 1 fully saturated rings. The van der Waals surface area contributed by atoms with Crippen LogP contribution in [-0.4, -0.2) is 64.8 Å². The number of carboxylic acid groups (broad SMARTS) is 1. The van der Waals surface area contributed by atoms with E-state index in [1.165, 1.54) is 0 Å². The van der Waals surface area contributed by atoms with Crippen LogP contribution in [0, 0.1) is 5.92 Å². The number of rotatable bonds is 9. The minimum atomic E-state index is -1.31. The highest BCUT2D eigenvalue weighted by Crippen LogP contribution is 2.21. The van der Waals surface area contributed by atoms with Crippen LogP contribution in [0.4, 0.5) is 0 Å². The Kier molecular flexibility index (Phi) is 7.97. The van der Waals surface area contributed by atoms with Gasteiger partial charge in [-0.2, -0.15) is 11.8 Å². The van der Waals surface area contributed by atoms with Gasteiger partial charge in [0, 0.05) is 48.9 Å². The number of benzene rings is 1. The van der Waals surface area contributed by atoms with Gasteiger partial charge in [-0.25, -0.2) is 0 Å². The zero-order valence-corrected chi connectivity index (χ0v) is 18.6. The number of amides is 2. The van der Waals surface area contributed by atoms with Crippen LogP contribution in [0.5, 0.6) is 0 Å². The Morgan fingerprint density at radius 1 is 1.29 bits per heavy atom. The number of piperidine rings is 1. The van der Waals surface area contributed by atoms with Gasteiger partial charge in [0.15, 0.2) is 6.04 Å². The van der Waals surface area contributed by atoms with Gasteiger partial charge >= 0.3 is 0 Å². The Hall–Kier alpha value is -2.52. The Labute approximate surface area is 185 Å². The van der Waals surface area contributed by atoms with Gasteiger partial charge in [0.1, 0.15) is 0 Å². The van der Waals surface area contributed by atoms with E-state index in [2.05, 4.69) is 16.0 Å². The van der Waals surface area contributed by atoms with Crippen LogP contribution in [0.3, 0.4) is 0 Å². The summed E-state index contributed by atoms with van der Waals surface area (Å²) in [4.78, 5) is 41.8. The molecule has 0 aliphatic carbocycles. The number of quaternary nitrogens is 1. The van der Waals surface area contributed by atoms with Crippen molar-refractivity contribution < 1.29 is 25.2 Å². The second kappa shape index (κ2) is 10.7. The lowest BCUT2D eigenvalue weighted by Crippen LogP contribution is -2.68. The summed E-state index contributed by atoms with van der Waals surface area (Å²) in [5.41, 5.74) is 5.69. The number of carbonyl (C=O) groups is 3. The van der Waals surface area contributed by atoms with Gasteiger partial charge in [-0.3, -0.25) is 9.59 Å². The maximum absolute atomic E-state index is 12.7.